The summed E-state index contributed by atoms with van der Waals surface area (Å²) in [4.78, 5) is 11.5. The Kier molecular flexibility index (Phi) is 3.24. The smallest absolute Gasteiger partial charge is 0.163 e. The van der Waals surface area contributed by atoms with Crippen LogP contribution in [0.4, 0.5) is 0 Å². The third-order valence-electron chi connectivity index (χ3n) is 2.68. The van der Waals surface area contributed by atoms with Crippen molar-refractivity contribution < 1.29 is 9.53 Å². The number of Topliss-reactive ketones (excluding diaryl/α,β-unsaturated/α-hetero) is 1. The van der Waals surface area contributed by atoms with Crippen LogP contribution in [0.15, 0.2) is 48.5 Å². The Morgan fingerprint density at radius 1 is 1.00 bits per heavy atom. The molecule has 0 aliphatic carbocycles. The Bertz CT molecular complexity index is 530. The van der Waals surface area contributed by atoms with Gasteiger partial charge in [0.05, 0.1) is 12.7 Å². The molecule has 2 heteroatoms. The van der Waals surface area contributed by atoms with Gasteiger partial charge in [-0.05, 0) is 18.6 Å². The van der Waals surface area contributed by atoms with Gasteiger partial charge in [0, 0.05) is 5.56 Å². The van der Waals surface area contributed by atoms with Crippen LogP contribution in [0.5, 0.6) is 5.75 Å². The number of hydrogen-bond acceptors (Lipinski definition) is 2. The molecule has 2 aromatic rings. The SMILES string of the molecule is COc1c(C(C)=O)cccc1-c1ccccc1. The first-order valence-electron chi connectivity index (χ1n) is 5.47. The minimum atomic E-state index is 0.0135. The number of carbonyl (C=O) groups is 1. The lowest BCUT2D eigenvalue weighted by molar-refractivity contribution is 0.101. The van der Waals surface area contributed by atoms with Crippen molar-refractivity contribution in [3.63, 3.8) is 0 Å². The predicted octanol–water partition coefficient (Wildman–Crippen LogP) is 3.56. The third-order valence-corrected chi connectivity index (χ3v) is 2.68. The van der Waals surface area contributed by atoms with Gasteiger partial charge in [-0.2, -0.15) is 0 Å². The van der Waals surface area contributed by atoms with Gasteiger partial charge in [0.1, 0.15) is 5.75 Å². The minimum Gasteiger partial charge on any atom is -0.495 e. The van der Waals surface area contributed by atoms with Crippen molar-refractivity contribution in [2.45, 2.75) is 6.92 Å². The molecule has 17 heavy (non-hydrogen) atoms. The molecule has 0 saturated heterocycles. The van der Waals surface area contributed by atoms with Crippen LogP contribution in [-0.4, -0.2) is 12.9 Å². The zero-order chi connectivity index (χ0) is 12.3. The van der Waals surface area contributed by atoms with Crippen LogP contribution in [0.3, 0.4) is 0 Å². The number of benzene rings is 2. The van der Waals surface area contributed by atoms with Gasteiger partial charge in [0.25, 0.3) is 0 Å². The molecule has 0 aliphatic rings. The highest BCUT2D eigenvalue weighted by Crippen LogP contribution is 2.33. The number of ketones is 1. The molecule has 0 heterocycles. The molecule has 0 aromatic heterocycles. The topological polar surface area (TPSA) is 26.3 Å². The van der Waals surface area contributed by atoms with Crippen LogP contribution in [0.25, 0.3) is 11.1 Å². The third kappa shape index (κ3) is 2.21. The molecule has 0 bridgehead atoms. The number of para-hydroxylation sites is 1. The van der Waals surface area contributed by atoms with Crippen LogP contribution in [-0.2, 0) is 0 Å². The summed E-state index contributed by atoms with van der Waals surface area (Å²) in [5, 5.41) is 0. The van der Waals surface area contributed by atoms with Gasteiger partial charge < -0.3 is 4.74 Å². The summed E-state index contributed by atoms with van der Waals surface area (Å²) in [5.41, 5.74) is 2.61. The summed E-state index contributed by atoms with van der Waals surface area (Å²) in [7, 11) is 1.59. The zero-order valence-corrected chi connectivity index (χ0v) is 9.94. The maximum absolute atomic E-state index is 11.5. The molecular weight excluding hydrogens is 212 g/mol. The Hall–Kier alpha value is -2.09. The summed E-state index contributed by atoms with van der Waals surface area (Å²) >= 11 is 0. The van der Waals surface area contributed by atoms with E-state index >= 15 is 0 Å². The van der Waals surface area contributed by atoms with E-state index in [1.54, 1.807) is 20.1 Å². The lowest BCUT2D eigenvalue weighted by Gasteiger charge is -2.11. The molecule has 0 atom stereocenters. The van der Waals surface area contributed by atoms with Crippen LogP contribution in [0.2, 0.25) is 0 Å². The Morgan fingerprint density at radius 3 is 2.29 bits per heavy atom. The first-order valence-corrected chi connectivity index (χ1v) is 5.47. The number of rotatable bonds is 3. The molecule has 0 radical (unpaired) electrons. The highest BCUT2D eigenvalue weighted by atomic mass is 16.5. The van der Waals surface area contributed by atoms with Gasteiger partial charge in [-0.3, -0.25) is 4.79 Å². The molecule has 0 fully saturated rings. The molecule has 0 spiro atoms. The van der Waals surface area contributed by atoms with Gasteiger partial charge in [-0.15, -0.1) is 0 Å². The Balaban J connectivity index is 2.63. The number of ether oxygens (including phenoxy) is 1. The van der Waals surface area contributed by atoms with Gasteiger partial charge in [-0.25, -0.2) is 0 Å². The van der Waals surface area contributed by atoms with Crippen molar-refractivity contribution in [3.05, 3.63) is 54.1 Å². The fourth-order valence-electron chi connectivity index (χ4n) is 1.88. The second-order valence-electron chi connectivity index (χ2n) is 3.81. The monoisotopic (exact) mass is 226 g/mol. The zero-order valence-electron chi connectivity index (χ0n) is 9.94. The maximum atomic E-state index is 11.5. The van der Waals surface area contributed by atoms with Crippen LogP contribution < -0.4 is 4.74 Å². The van der Waals surface area contributed by atoms with Gasteiger partial charge in [0.2, 0.25) is 0 Å². The van der Waals surface area contributed by atoms with Crippen molar-refractivity contribution in [3.8, 4) is 16.9 Å². The van der Waals surface area contributed by atoms with Crippen molar-refractivity contribution >= 4 is 5.78 Å². The molecule has 2 nitrogen and oxygen atoms in total. The first-order chi connectivity index (χ1) is 8.24. The highest BCUT2D eigenvalue weighted by Gasteiger charge is 2.13. The Labute approximate surface area is 101 Å². The molecule has 0 amide bonds. The van der Waals surface area contributed by atoms with Crippen LogP contribution in [0, 0.1) is 0 Å². The fourth-order valence-corrected chi connectivity index (χ4v) is 1.88. The van der Waals surface area contributed by atoms with E-state index in [0.29, 0.717) is 11.3 Å². The molecule has 2 rings (SSSR count). The molecule has 2 aromatic carbocycles. The van der Waals surface area contributed by atoms with Crippen LogP contribution >= 0.6 is 0 Å². The van der Waals surface area contributed by atoms with Crippen molar-refractivity contribution in [1.82, 2.24) is 0 Å². The molecular formula is C15H14O2. The van der Waals surface area contributed by atoms with E-state index in [1.807, 2.05) is 42.5 Å². The predicted molar refractivity (Wildman–Crippen MR) is 68.4 cm³/mol. The second-order valence-corrected chi connectivity index (χ2v) is 3.81. The average molecular weight is 226 g/mol. The Morgan fingerprint density at radius 2 is 1.71 bits per heavy atom. The van der Waals surface area contributed by atoms with E-state index in [-0.39, 0.29) is 5.78 Å². The summed E-state index contributed by atoms with van der Waals surface area (Å²) in [5.74, 6) is 0.658. The molecule has 0 saturated carbocycles. The highest BCUT2D eigenvalue weighted by molar-refractivity contribution is 5.99. The van der Waals surface area contributed by atoms with Crippen molar-refractivity contribution in [2.24, 2.45) is 0 Å². The summed E-state index contributed by atoms with van der Waals surface area (Å²) in [6.07, 6.45) is 0. The van der Waals surface area contributed by atoms with E-state index in [4.69, 9.17) is 4.74 Å². The lowest BCUT2D eigenvalue weighted by Crippen LogP contribution is -1.99. The number of hydrogen-bond donors (Lipinski definition) is 0. The first kappa shape index (κ1) is 11.4. The average Bonchev–Trinajstić information content (AvgIpc) is 2.38. The summed E-state index contributed by atoms with van der Waals surface area (Å²) < 4.78 is 5.37. The van der Waals surface area contributed by atoms with E-state index in [1.165, 1.54) is 0 Å². The fraction of sp³-hybridized carbons (Fsp3) is 0.133. The molecule has 0 N–H and O–H groups in total. The van der Waals surface area contributed by atoms with E-state index in [9.17, 15) is 4.79 Å². The molecule has 0 aliphatic heterocycles. The van der Waals surface area contributed by atoms with Gasteiger partial charge in [0.15, 0.2) is 5.78 Å². The van der Waals surface area contributed by atoms with Crippen molar-refractivity contribution in [2.75, 3.05) is 7.11 Å². The molecule has 0 unspecified atom stereocenters. The van der Waals surface area contributed by atoms with Crippen molar-refractivity contribution in [1.29, 1.82) is 0 Å². The van der Waals surface area contributed by atoms with Crippen LogP contribution in [0.1, 0.15) is 17.3 Å². The van der Waals surface area contributed by atoms with Gasteiger partial charge in [-0.1, -0.05) is 42.5 Å². The van der Waals surface area contributed by atoms with Gasteiger partial charge >= 0.3 is 0 Å². The van der Waals surface area contributed by atoms with E-state index < -0.39 is 0 Å². The number of carbonyl (C=O) groups excluding carboxylic acids is 1. The lowest BCUT2D eigenvalue weighted by atomic mass is 10.00. The minimum absolute atomic E-state index is 0.0135. The standard InChI is InChI=1S/C15H14O2/c1-11(16)13-9-6-10-14(15(13)17-2)12-7-4-3-5-8-12/h3-10H,1-2H3. The molecule has 86 valence electrons. The number of methoxy groups -OCH3 is 1. The van der Waals surface area contributed by atoms with E-state index in [2.05, 4.69) is 0 Å². The normalized spacial score (nSPS) is 10.0. The largest absolute Gasteiger partial charge is 0.495 e. The second kappa shape index (κ2) is 4.83. The maximum Gasteiger partial charge on any atom is 0.163 e. The summed E-state index contributed by atoms with van der Waals surface area (Å²) in [6.45, 7) is 1.55. The van der Waals surface area contributed by atoms with E-state index in [0.717, 1.165) is 11.1 Å². The summed E-state index contributed by atoms with van der Waals surface area (Å²) in [6, 6.07) is 15.5. The quantitative estimate of drug-likeness (QED) is 0.748.